The first kappa shape index (κ1) is 17.4. The fraction of sp³-hybridized carbons (Fsp3) is 0.353. The molecule has 1 aliphatic heterocycles. The van der Waals surface area contributed by atoms with Crippen LogP contribution in [0.4, 0.5) is 0 Å². The molecule has 0 spiro atoms. The van der Waals surface area contributed by atoms with Gasteiger partial charge in [0.25, 0.3) is 0 Å². The zero-order chi connectivity index (χ0) is 18.1. The van der Waals surface area contributed by atoms with Crippen LogP contribution < -0.4 is 0 Å². The lowest BCUT2D eigenvalue weighted by atomic mass is 10.1. The summed E-state index contributed by atoms with van der Waals surface area (Å²) in [6, 6.07) is 10.0. The molecule has 3 heterocycles. The zero-order valence-electron chi connectivity index (χ0n) is 13.7. The van der Waals surface area contributed by atoms with Crippen molar-refractivity contribution in [3.63, 3.8) is 0 Å². The minimum absolute atomic E-state index is 0.380. The molecule has 4 atom stereocenters. The summed E-state index contributed by atoms with van der Waals surface area (Å²) in [6.07, 6.45) is -1.12. The third kappa shape index (κ3) is 3.08. The molecule has 0 radical (unpaired) electrons. The summed E-state index contributed by atoms with van der Waals surface area (Å²) in [7, 11) is 0. The quantitative estimate of drug-likeness (QED) is 0.442. The van der Waals surface area contributed by atoms with Gasteiger partial charge < -0.3 is 20.1 Å². The first-order valence-electron chi connectivity index (χ1n) is 8.15. The smallest absolute Gasteiger partial charge is 0.166 e. The molecule has 1 aliphatic rings. The molecule has 136 valence electrons. The van der Waals surface area contributed by atoms with E-state index in [2.05, 4.69) is 15.0 Å². The van der Waals surface area contributed by atoms with E-state index in [-0.39, 0.29) is 6.61 Å². The minimum Gasteiger partial charge on any atom is -0.394 e. The van der Waals surface area contributed by atoms with Crippen molar-refractivity contribution >= 4 is 22.9 Å². The first-order chi connectivity index (χ1) is 12.7. The zero-order valence-corrected chi connectivity index (χ0v) is 14.5. The largest absolute Gasteiger partial charge is 0.394 e. The van der Waals surface area contributed by atoms with Crippen LogP contribution in [0.5, 0.6) is 0 Å². The summed E-state index contributed by atoms with van der Waals surface area (Å²) in [5.41, 5.74) is 2.28. The Hall–Kier alpha value is -2.04. The minimum atomic E-state index is -1.18. The number of hydrogen-bond donors (Lipinski definition) is 3. The Kier molecular flexibility index (Phi) is 4.88. The van der Waals surface area contributed by atoms with Gasteiger partial charge in [0.2, 0.25) is 0 Å². The fourth-order valence-corrected chi connectivity index (χ4v) is 3.86. The summed E-state index contributed by atoms with van der Waals surface area (Å²) in [6.45, 7) is -0.380. The van der Waals surface area contributed by atoms with Gasteiger partial charge in [-0.25, -0.2) is 15.0 Å². The van der Waals surface area contributed by atoms with E-state index >= 15 is 0 Å². The highest BCUT2D eigenvalue weighted by Crippen LogP contribution is 2.33. The van der Waals surface area contributed by atoms with Gasteiger partial charge in [-0.05, 0) is 5.56 Å². The predicted molar refractivity (Wildman–Crippen MR) is 94.3 cm³/mol. The molecule has 0 amide bonds. The van der Waals surface area contributed by atoms with Gasteiger partial charge >= 0.3 is 0 Å². The van der Waals surface area contributed by atoms with E-state index in [1.165, 1.54) is 18.2 Å². The number of aliphatic hydroxyl groups excluding tert-OH is 3. The van der Waals surface area contributed by atoms with Crippen molar-refractivity contribution < 1.29 is 20.1 Å². The van der Waals surface area contributed by atoms with E-state index in [0.717, 1.165) is 10.8 Å². The molecule has 1 unspecified atom stereocenters. The molecule has 3 N–H and O–H groups in total. The van der Waals surface area contributed by atoms with Crippen LogP contribution in [0.3, 0.4) is 0 Å². The highest BCUT2D eigenvalue weighted by atomic mass is 32.2. The van der Waals surface area contributed by atoms with E-state index in [1.54, 1.807) is 16.3 Å². The predicted octanol–water partition coefficient (Wildman–Crippen LogP) is 0.730. The van der Waals surface area contributed by atoms with Crippen LogP contribution >= 0.6 is 11.8 Å². The van der Waals surface area contributed by atoms with E-state index < -0.39 is 24.5 Å². The Morgan fingerprint density at radius 1 is 1.08 bits per heavy atom. The maximum absolute atomic E-state index is 10.2. The van der Waals surface area contributed by atoms with Gasteiger partial charge in [0.1, 0.15) is 35.2 Å². The number of nitrogens with zero attached hydrogens (tertiary/aromatic N) is 4. The Morgan fingerprint density at radius 2 is 1.88 bits per heavy atom. The molecule has 3 aromatic rings. The van der Waals surface area contributed by atoms with E-state index in [4.69, 9.17) is 4.74 Å². The summed E-state index contributed by atoms with van der Waals surface area (Å²) in [5, 5.41) is 30.2. The topological polar surface area (TPSA) is 114 Å². The molecular weight excluding hydrogens is 356 g/mol. The van der Waals surface area contributed by atoms with Crippen molar-refractivity contribution in [1.29, 1.82) is 0 Å². The Morgan fingerprint density at radius 3 is 2.62 bits per heavy atom. The van der Waals surface area contributed by atoms with Crippen molar-refractivity contribution in [3.05, 3.63) is 48.5 Å². The van der Waals surface area contributed by atoms with Crippen molar-refractivity contribution in [2.45, 2.75) is 35.3 Å². The molecule has 1 aromatic carbocycles. The van der Waals surface area contributed by atoms with E-state index in [9.17, 15) is 15.3 Å². The number of benzene rings is 1. The summed E-state index contributed by atoms with van der Waals surface area (Å²) in [4.78, 5) is 12.9. The number of thioether (sulfide) groups is 1. The average molecular weight is 374 g/mol. The Bertz CT molecular complexity index is 891. The van der Waals surface area contributed by atoms with Crippen LogP contribution in [0.1, 0.15) is 11.8 Å². The van der Waals surface area contributed by atoms with Crippen LogP contribution in [0, 0.1) is 0 Å². The van der Waals surface area contributed by atoms with Crippen molar-refractivity contribution in [3.8, 4) is 0 Å². The van der Waals surface area contributed by atoms with Crippen LogP contribution in [-0.2, 0) is 10.5 Å². The van der Waals surface area contributed by atoms with Gasteiger partial charge in [0, 0.05) is 5.75 Å². The fourth-order valence-electron chi connectivity index (χ4n) is 2.96. The number of imidazole rings is 1. The maximum Gasteiger partial charge on any atom is 0.166 e. The highest BCUT2D eigenvalue weighted by molar-refractivity contribution is 7.98. The maximum atomic E-state index is 10.2. The summed E-state index contributed by atoms with van der Waals surface area (Å²) >= 11 is 1.55. The van der Waals surface area contributed by atoms with Gasteiger partial charge in [-0.15, -0.1) is 0 Å². The molecule has 0 saturated carbocycles. The normalized spacial score (nSPS) is 25.8. The van der Waals surface area contributed by atoms with E-state index in [0.29, 0.717) is 11.2 Å². The van der Waals surface area contributed by atoms with Crippen LogP contribution in [0.25, 0.3) is 11.2 Å². The molecule has 1 saturated heterocycles. The average Bonchev–Trinajstić information content (AvgIpc) is 3.23. The molecule has 0 bridgehead atoms. The molecular formula is C17H18N4O4S. The number of rotatable bonds is 5. The van der Waals surface area contributed by atoms with Crippen molar-refractivity contribution in [2.24, 2.45) is 0 Å². The molecule has 8 nitrogen and oxygen atoms in total. The van der Waals surface area contributed by atoms with Crippen LogP contribution in [0.2, 0.25) is 0 Å². The van der Waals surface area contributed by atoms with Crippen LogP contribution in [-0.4, -0.2) is 59.8 Å². The third-order valence-electron chi connectivity index (χ3n) is 4.33. The lowest BCUT2D eigenvalue weighted by molar-refractivity contribution is -0.0511. The first-order valence-corrected chi connectivity index (χ1v) is 9.14. The third-order valence-corrected chi connectivity index (χ3v) is 5.38. The molecule has 0 aliphatic carbocycles. The SMILES string of the molecule is OC[C@H]1O[C@@H](n2cnc3c(SCc4ccccc4)ncnc32)[C@@H](O)C1O. The Labute approximate surface area is 153 Å². The monoisotopic (exact) mass is 374 g/mol. The van der Waals surface area contributed by atoms with Crippen molar-refractivity contribution in [1.82, 2.24) is 19.5 Å². The second kappa shape index (κ2) is 7.29. The second-order valence-electron chi connectivity index (χ2n) is 6.01. The van der Waals surface area contributed by atoms with Crippen LogP contribution in [0.15, 0.2) is 48.0 Å². The standard InChI is InChI=1S/C17H18N4O4S/c22-6-11-13(23)14(24)17(25-11)21-9-20-12-15(21)18-8-19-16(12)26-7-10-4-2-1-3-5-10/h1-5,8-9,11,13-14,17,22-24H,6-7H2/t11-,13?,14+,17-/m1/s1. The van der Waals surface area contributed by atoms with Crippen molar-refractivity contribution in [2.75, 3.05) is 6.61 Å². The number of aliphatic hydroxyl groups is 3. The van der Waals surface area contributed by atoms with E-state index in [1.807, 2.05) is 30.3 Å². The summed E-state index contributed by atoms with van der Waals surface area (Å²) < 4.78 is 7.13. The second-order valence-corrected chi connectivity index (χ2v) is 6.97. The molecule has 26 heavy (non-hydrogen) atoms. The number of hydrogen-bond acceptors (Lipinski definition) is 8. The van der Waals surface area contributed by atoms with Gasteiger partial charge in [-0.1, -0.05) is 42.1 Å². The number of fused-ring (bicyclic) bond motifs is 1. The molecule has 1 fully saturated rings. The number of ether oxygens (including phenoxy) is 1. The molecule has 2 aromatic heterocycles. The molecule has 9 heteroatoms. The lowest BCUT2D eigenvalue weighted by Crippen LogP contribution is -2.33. The summed E-state index contributed by atoms with van der Waals surface area (Å²) in [5.74, 6) is 0.744. The van der Waals surface area contributed by atoms with Gasteiger partial charge in [0.15, 0.2) is 11.9 Å². The lowest BCUT2D eigenvalue weighted by Gasteiger charge is -2.16. The number of aromatic nitrogens is 4. The Balaban J connectivity index is 1.61. The van der Waals surface area contributed by atoms with Gasteiger partial charge in [-0.2, -0.15) is 0 Å². The highest BCUT2D eigenvalue weighted by Gasteiger charge is 2.44. The van der Waals surface area contributed by atoms with Gasteiger partial charge in [0.05, 0.1) is 12.9 Å². The van der Waals surface area contributed by atoms with Gasteiger partial charge in [-0.3, -0.25) is 4.57 Å². The molecule has 4 rings (SSSR count).